The van der Waals surface area contributed by atoms with Crippen molar-refractivity contribution in [3.05, 3.63) is 34.6 Å². The first-order chi connectivity index (χ1) is 7.20. The van der Waals surface area contributed by atoms with Gasteiger partial charge in [-0.15, -0.1) is 0 Å². The molecule has 1 aromatic rings. The highest BCUT2D eigenvalue weighted by molar-refractivity contribution is 5.34. The lowest BCUT2D eigenvalue weighted by molar-refractivity contribution is 0.261. The van der Waals surface area contributed by atoms with Gasteiger partial charge >= 0.3 is 0 Å². The van der Waals surface area contributed by atoms with E-state index < -0.39 is 0 Å². The number of benzene rings is 1. The van der Waals surface area contributed by atoms with E-state index in [1.54, 1.807) is 6.07 Å². The predicted octanol–water partition coefficient (Wildman–Crippen LogP) is 1.45. The first-order valence-corrected chi connectivity index (χ1v) is 5.41. The molecule has 2 N–H and O–H groups in total. The van der Waals surface area contributed by atoms with Gasteiger partial charge in [-0.25, -0.2) is 4.39 Å². The van der Waals surface area contributed by atoms with Crippen molar-refractivity contribution in [2.45, 2.75) is 19.9 Å². The highest BCUT2D eigenvalue weighted by Crippen LogP contribution is 2.21. The molecule has 1 aliphatic heterocycles. The molecule has 0 fully saturated rings. The quantitative estimate of drug-likeness (QED) is 0.797. The molecule has 0 aromatic heterocycles. The minimum absolute atomic E-state index is 0.0824. The number of nitrogens with zero attached hydrogens (tertiary/aromatic N) is 1. The van der Waals surface area contributed by atoms with Crippen molar-refractivity contribution in [1.29, 1.82) is 0 Å². The SMILES string of the molecule is Cc1cc2c(cc1F)CCN(CCN)C2. The van der Waals surface area contributed by atoms with Crippen molar-refractivity contribution >= 4 is 0 Å². The summed E-state index contributed by atoms with van der Waals surface area (Å²) in [6.07, 6.45) is 0.937. The van der Waals surface area contributed by atoms with Crippen LogP contribution in [0.15, 0.2) is 12.1 Å². The maximum Gasteiger partial charge on any atom is 0.126 e. The first kappa shape index (κ1) is 10.6. The van der Waals surface area contributed by atoms with Gasteiger partial charge in [-0.05, 0) is 36.1 Å². The topological polar surface area (TPSA) is 29.3 Å². The van der Waals surface area contributed by atoms with Crippen LogP contribution in [-0.4, -0.2) is 24.5 Å². The Kier molecular flexibility index (Phi) is 3.03. The largest absolute Gasteiger partial charge is 0.329 e. The summed E-state index contributed by atoms with van der Waals surface area (Å²) in [7, 11) is 0. The van der Waals surface area contributed by atoms with E-state index >= 15 is 0 Å². The van der Waals surface area contributed by atoms with Crippen LogP contribution in [0.3, 0.4) is 0 Å². The fourth-order valence-electron chi connectivity index (χ4n) is 2.13. The van der Waals surface area contributed by atoms with Crippen molar-refractivity contribution in [2.24, 2.45) is 5.73 Å². The average Bonchev–Trinajstić information content (AvgIpc) is 2.21. The normalized spacial score (nSPS) is 16.5. The maximum absolute atomic E-state index is 13.3. The molecule has 2 rings (SSSR count). The van der Waals surface area contributed by atoms with Crippen molar-refractivity contribution in [3.63, 3.8) is 0 Å². The molecule has 0 spiro atoms. The van der Waals surface area contributed by atoms with Gasteiger partial charge in [0.2, 0.25) is 0 Å². The van der Waals surface area contributed by atoms with Gasteiger partial charge < -0.3 is 5.73 Å². The number of halogens is 1. The second-order valence-electron chi connectivity index (χ2n) is 4.18. The predicted molar refractivity (Wildman–Crippen MR) is 59.2 cm³/mol. The van der Waals surface area contributed by atoms with Gasteiger partial charge in [0.1, 0.15) is 5.82 Å². The molecule has 1 aliphatic rings. The van der Waals surface area contributed by atoms with E-state index in [1.165, 1.54) is 5.56 Å². The van der Waals surface area contributed by atoms with Crippen LogP contribution in [0.5, 0.6) is 0 Å². The van der Waals surface area contributed by atoms with E-state index in [9.17, 15) is 4.39 Å². The van der Waals surface area contributed by atoms with Crippen LogP contribution >= 0.6 is 0 Å². The lowest BCUT2D eigenvalue weighted by Gasteiger charge is -2.28. The molecule has 3 heteroatoms. The summed E-state index contributed by atoms with van der Waals surface area (Å²) in [6.45, 7) is 5.34. The molecule has 1 heterocycles. The Morgan fingerprint density at radius 3 is 2.93 bits per heavy atom. The van der Waals surface area contributed by atoms with Crippen LogP contribution < -0.4 is 5.73 Å². The summed E-state index contributed by atoms with van der Waals surface area (Å²) in [4.78, 5) is 2.32. The Morgan fingerprint density at radius 2 is 2.20 bits per heavy atom. The summed E-state index contributed by atoms with van der Waals surface area (Å²) in [6, 6.07) is 3.65. The number of rotatable bonds is 2. The van der Waals surface area contributed by atoms with E-state index in [0.29, 0.717) is 6.54 Å². The van der Waals surface area contributed by atoms with Crippen LogP contribution in [0.25, 0.3) is 0 Å². The van der Waals surface area contributed by atoms with Crippen molar-refractivity contribution < 1.29 is 4.39 Å². The Balaban J connectivity index is 2.22. The molecular formula is C12H17FN2. The molecular weight excluding hydrogens is 191 g/mol. The Morgan fingerprint density at radius 1 is 1.40 bits per heavy atom. The van der Waals surface area contributed by atoms with Crippen LogP contribution in [0, 0.1) is 12.7 Å². The summed E-state index contributed by atoms with van der Waals surface area (Å²) in [5.74, 6) is -0.0824. The van der Waals surface area contributed by atoms with E-state index in [2.05, 4.69) is 4.90 Å². The molecule has 0 unspecified atom stereocenters. The third-order valence-electron chi connectivity index (χ3n) is 3.02. The van der Waals surface area contributed by atoms with Crippen LogP contribution in [-0.2, 0) is 13.0 Å². The monoisotopic (exact) mass is 208 g/mol. The van der Waals surface area contributed by atoms with Gasteiger partial charge in [-0.3, -0.25) is 4.90 Å². The zero-order valence-electron chi connectivity index (χ0n) is 9.09. The molecule has 15 heavy (non-hydrogen) atoms. The van der Waals surface area contributed by atoms with Gasteiger partial charge in [0.05, 0.1) is 0 Å². The lowest BCUT2D eigenvalue weighted by Crippen LogP contribution is -2.34. The Bertz CT molecular complexity index is 363. The molecule has 0 saturated heterocycles. The molecule has 0 radical (unpaired) electrons. The number of hydrogen-bond acceptors (Lipinski definition) is 2. The van der Waals surface area contributed by atoms with E-state index in [0.717, 1.165) is 37.2 Å². The smallest absolute Gasteiger partial charge is 0.126 e. The second-order valence-corrected chi connectivity index (χ2v) is 4.18. The zero-order valence-corrected chi connectivity index (χ0v) is 9.09. The highest BCUT2D eigenvalue weighted by atomic mass is 19.1. The van der Waals surface area contributed by atoms with Crippen molar-refractivity contribution in [1.82, 2.24) is 4.90 Å². The molecule has 0 saturated carbocycles. The van der Waals surface area contributed by atoms with E-state index in [1.807, 2.05) is 13.0 Å². The van der Waals surface area contributed by atoms with E-state index in [4.69, 9.17) is 5.73 Å². The highest BCUT2D eigenvalue weighted by Gasteiger charge is 2.16. The van der Waals surface area contributed by atoms with E-state index in [-0.39, 0.29) is 5.82 Å². The summed E-state index contributed by atoms with van der Waals surface area (Å²) < 4.78 is 13.3. The molecule has 82 valence electrons. The van der Waals surface area contributed by atoms with Gasteiger partial charge in [-0.2, -0.15) is 0 Å². The number of fused-ring (bicyclic) bond motifs is 1. The maximum atomic E-state index is 13.3. The minimum atomic E-state index is -0.0824. The molecule has 0 atom stereocenters. The van der Waals surface area contributed by atoms with Crippen LogP contribution in [0.2, 0.25) is 0 Å². The zero-order chi connectivity index (χ0) is 10.8. The Hall–Kier alpha value is -0.930. The minimum Gasteiger partial charge on any atom is -0.329 e. The summed E-state index contributed by atoms with van der Waals surface area (Å²) >= 11 is 0. The number of hydrogen-bond donors (Lipinski definition) is 1. The molecule has 0 aliphatic carbocycles. The van der Waals surface area contributed by atoms with Crippen molar-refractivity contribution in [3.8, 4) is 0 Å². The third kappa shape index (κ3) is 2.19. The van der Waals surface area contributed by atoms with Crippen LogP contribution in [0.4, 0.5) is 4.39 Å². The fraction of sp³-hybridized carbons (Fsp3) is 0.500. The average molecular weight is 208 g/mol. The molecule has 0 amide bonds. The Labute approximate surface area is 89.9 Å². The van der Waals surface area contributed by atoms with Gasteiger partial charge in [0, 0.05) is 26.2 Å². The summed E-state index contributed by atoms with van der Waals surface area (Å²) in [5.41, 5.74) is 8.69. The first-order valence-electron chi connectivity index (χ1n) is 5.41. The van der Waals surface area contributed by atoms with Gasteiger partial charge in [0.15, 0.2) is 0 Å². The fourth-order valence-corrected chi connectivity index (χ4v) is 2.13. The molecule has 1 aromatic carbocycles. The van der Waals surface area contributed by atoms with Gasteiger partial charge in [0.25, 0.3) is 0 Å². The standard InChI is InChI=1S/C12H17FN2/c1-9-6-11-8-15(5-3-14)4-2-10(11)7-12(9)13/h6-7H,2-5,8,14H2,1H3. The third-order valence-corrected chi connectivity index (χ3v) is 3.02. The van der Waals surface area contributed by atoms with Gasteiger partial charge in [-0.1, -0.05) is 6.07 Å². The number of aryl methyl sites for hydroxylation is 1. The summed E-state index contributed by atoms with van der Waals surface area (Å²) in [5, 5.41) is 0. The van der Waals surface area contributed by atoms with Crippen LogP contribution in [0.1, 0.15) is 16.7 Å². The number of nitrogens with two attached hydrogens (primary N) is 1. The van der Waals surface area contributed by atoms with Crippen molar-refractivity contribution in [2.75, 3.05) is 19.6 Å². The lowest BCUT2D eigenvalue weighted by atomic mass is 9.97. The molecule has 0 bridgehead atoms. The molecule has 2 nitrogen and oxygen atoms in total. The second kappa shape index (κ2) is 4.29.